The lowest BCUT2D eigenvalue weighted by Gasteiger charge is -2.61. The first-order chi connectivity index (χ1) is 16.2. The molecular weight excluding hydrogens is 426 g/mol. The summed E-state index contributed by atoms with van der Waals surface area (Å²) < 4.78 is 0. The van der Waals surface area contributed by atoms with Crippen LogP contribution in [0.2, 0.25) is 0 Å². The first kappa shape index (κ1) is 24.5. The molecule has 1 heterocycles. The van der Waals surface area contributed by atoms with E-state index in [2.05, 4.69) is 43.5 Å². The van der Waals surface area contributed by atoms with E-state index >= 15 is 0 Å². The maximum Gasteiger partial charge on any atom is 0.433 e. The molecule has 4 aliphatic carbocycles. The second-order valence-corrected chi connectivity index (χ2v) is 13.2. The number of hydrogen-bond donors (Lipinski definition) is 3. The SMILES string of the molecule is C/C(=N\OC(=O)NCC1CC(C)CN1)[C@H]1CC[C@H]2[C@@H]3CC[C@H]4C[C@@H](O)CC[C@]4(C)[C@H]3CC[C@]12C. The Labute approximate surface area is 206 Å². The highest BCUT2D eigenvalue weighted by Gasteiger charge is 2.60. The molecule has 0 aromatic rings. The third-order valence-corrected chi connectivity index (χ3v) is 11.3. The van der Waals surface area contributed by atoms with Gasteiger partial charge in [-0.2, -0.15) is 0 Å². The van der Waals surface area contributed by atoms with Gasteiger partial charge in [-0.25, -0.2) is 4.79 Å². The maximum atomic E-state index is 12.3. The van der Waals surface area contributed by atoms with Crippen LogP contribution < -0.4 is 10.6 Å². The molecule has 1 aliphatic heterocycles. The predicted octanol–water partition coefficient (Wildman–Crippen LogP) is 5.11. The molecule has 1 saturated heterocycles. The van der Waals surface area contributed by atoms with Gasteiger partial charge < -0.3 is 15.7 Å². The van der Waals surface area contributed by atoms with E-state index in [1.807, 2.05) is 0 Å². The van der Waals surface area contributed by atoms with Crippen molar-refractivity contribution in [1.29, 1.82) is 0 Å². The maximum absolute atomic E-state index is 12.3. The number of aliphatic hydroxyl groups excluding tert-OH is 1. The van der Waals surface area contributed by atoms with E-state index in [1.165, 1.54) is 38.5 Å². The average Bonchev–Trinajstić information content (AvgIpc) is 3.39. The van der Waals surface area contributed by atoms with Gasteiger partial charge >= 0.3 is 6.09 Å². The molecule has 1 amide bonds. The zero-order valence-corrected chi connectivity index (χ0v) is 21.8. The van der Waals surface area contributed by atoms with Crippen LogP contribution in [0.4, 0.5) is 4.79 Å². The first-order valence-corrected chi connectivity index (χ1v) is 14.1. The highest BCUT2D eigenvalue weighted by Crippen LogP contribution is 2.67. The molecule has 6 heteroatoms. The molecule has 0 bridgehead atoms. The Kier molecular flexibility index (Phi) is 6.78. The molecule has 5 rings (SSSR count). The van der Waals surface area contributed by atoms with Crippen molar-refractivity contribution in [2.75, 3.05) is 13.1 Å². The summed E-state index contributed by atoms with van der Waals surface area (Å²) in [5.74, 6) is 4.13. The average molecular weight is 474 g/mol. The Morgan fingerprint density at radius 3 is 2.59 bits per heavy atom. The van der Waals surface area contributed by atoms with Gasteiger partial charge in [0.2, 0.25) is 0 Å². The lowest BCUT2D eigenvalue weighted by atomic mass is 9.44. The molecule has 0 aromatic carbocycles. The van der Waals surface area contributed by atoms with Crippen LogP contribution in [-0.2, 0) is 4.84 Å². The Bertz CT molecular complexity index is 802. The van der Waals surface area contributed by atoms with Crippen LogP contribution >= 0.6 is 0 Å². The van der Waals surface area contributed by atoms with Crippen LogP contribution in [0.1, 0.15) is 91.9 Å². The van der Waals surface area contributed by atoms with Gasteiger partial charge in [-0.3, -0.25) is 4.84 Å². The van der Waals surface area contributed by atoms with Crippen LogP contribution in [0.3, 0.4) is 0 Å². The van der Waals surface area contributed by atoms with Crippen LogP contribution in [-0.4, -0.2) is 42.1 Å². The van der Waals surface area contributed by atoms with Crippen molar-refractivity contribution in [2.45, 2.75) is 104 Å². The molecule has 0 radical (unpaired) electrons. The minimum atomic E-state index is -0.435. The molecule has 34 heavy (non-hydrogen) atoms. The number of oxime groups is 1. The number of hydrogen-bond acceptors (Lipinski definition) is 5. The highest BCUT2D eigenvalue weighted by molar-refractivity contribution is 5.85. The normalized spacial score (nSPS) is 48.6. The van der Waals surface area contributed by atoms with Crippen molar-refractivity contribution in [3.8, 4) is 0 Å². The second-order valence-electron chi connectivity index (χ2n) is 13.2. The van der Waals surface area contributed by atoms with Crippen molar-refractivity contribution in [3.63, 3.8) is 0 Å². The summed E-state index contributed by atoms with van der Waals surface area (Å²) in [5, 5.41) is 20.9. The number of amides is 1. The summed E-state index contributed by atoms with van der Waals surface area (Å²) in [6.07, 6.45) is 11.4. The minimum absolute atomic E-state index is 0.0756. The van der Waals surface area contributed by atoms with Gasteiger partial charge in [-0.1, -0.05) is 25.9 Å². The van der Waals surface area contributed by atoms with E-state index in [-0.39, 0.29) is 11.5 Å². The smallest absolute Gasteiger partial charge is 0.393 e. The number of nitrogens with zero attached hydrogens (tertiary/aromatic N) is 1. The van der Waals surface area contributed by atoms with E-state index in [0.717, 1.165) is 55.7 Å². The monoisotopic (exact) mass is 473 g/mol. The summed E-state index contributed by atoms with van der Waals surface area (Å²) in [4.78, 5) is 17.6. The summed E-state index contributed by atoms with van der Waals surface area (Å²) in [5.41, 5.74) is 1.67. The van der Waals surface area contributed by atoms with Crippen molar-refractivity contribution in [2.24, 2.45) is 51.5 Å². The van der Waals surface area contributed by atoms with Crippen LogP contribution in [0.15, 0.2) is 5.16 Å². The van der Waals surface area contributed by atoms with E-state index in [4.69, 9.17) is 4.84 Å². The highest BCUT2D eigenvalue weighted by atomic mass is 16.7. The van der Waals surface area contributed by atoms with Crippen molar-refractivity contribution >= 4 is 11.8 Å². The Morgan fingerprint density at radius 1 is 1.06 bits per heavy atom. The van der Waals surface area contributed by atoms with Crippen LogP contribution in [0.25, 0.3) is 0 Å². The molecule has 3 N–H and O–H groups in total. The third-order valence-electron chi connectivity index (χ3n) is 11.3. The predicted molar refractivity (Wildman–Crippen MR) is 134 cm³/mol. The van der Waals surface area contributed by atoms with Gasteiger partial charge in [0.25, 0.3) is 0 Å². The van der Waals surface area contributed by atoms with Crippen molar-refractivity contribution in [3.05, 3.63) is 0 Å². The van der Waals surface area contributed by atoms with Gasteiger partial charge in [-0.15, -0.1) is 0 Å². The largest absolute Gasteiger partial charge is 0.433 e. The van der Waals surface area contributed by atoms with Gasteiger partial charge in [0.1, 0.15) is 0 Å². The Morgan fingerprint density at radius 2 is 1.82 bits per heavy atom. The fraction of sp³-hybridized carbons (Fsp3) is 0.929. The number of aliphatic hydroxyl groups is 1. The molecule has 2 unspecified atom stereocenters. The first-order valence-electron chi connectivity index (χ1n) is 14.1. The van der Waals surface area contributed by atoms with E-state index < -0.39 is 6.09 Å². The standard InChI is InChI=1S/C28H47N3O3/c1-17-13-20(29-15-17)16-30-26(33)34-31-18(2)23-7-8-24-22-6-5-19-14-21(32)9-11-27(19,3)25(22)10-12-28(23,24)4/h17,19-25,29,32H,5-16H2,1-4H3,(H,30,33)/b31-18+/t17?,19-,20?,21-,22-,23+,24-,25-,27-,28+/m0/s1. The molecule has 0 aromatic heterocycles. The zero-order chi connectivity index (χ0) is 24.1. The van der Waals surface area contributed by atoms with E-state index in [1.54, 1.807) is 0 Å². The fourth-order valence-corrected chi connectivity index (χ4v) is 9.51. The lowest BCUT2D eigenvalue weighted by molar-refractivity contribution is -0.123. The summed E-state index contributed by atoms with van der Waals surface area (Å²) in [7, 11) is 0. The second kappa shape index (κ2) is 9.38. The van der Waals surface area contributed by atoms with Crippen molar-refractivity contribution < 1.29 is 14.7 Å². The van der Waals surface area contributed by atoms with E-state index in [9.17, 15) is 9.90 Å². The summed E-state index contributed by atoms with van der Waals surface area (Å²) >= 11 is 0. The lowest BCUT2D eigenvalue weighted by Crippen LogP contribution is -2.54. The fourth-order valence-electron chi connectivity index (χ4n) is 9.51. The Balaban J connectivity index is 1.20. The van der Waals surface area contributed by atoms with Gasteiger partial charge in [0.05, 0.1) is 11.8 Å². The van der Waals surface area contributed by atoms with Crippen molar-refractivity contribution in [1.82, 2.24) is 10.6 Å². The van der Waals surface area contributed by atoms with E-state index in [0.29, 0.717) is 35.8 Å². The molecule has 192 valence electrons. The molecule has 5 fully saturated rings. The number of fused-ring (bicyclic) bond motifs is 5. The molecule has 5 aliphatic rings. The summed E-state index contributed by atoms with van der Waals surface area (Å²) in [6, 6.07) is 0.335. The number of carbonyl (C=O) groups is 1. The topological polar surface area (TPSA) is 83.0 Å². The minimum Gasteiger partial charge on any atom is -0.393 e. The van der Waals surface area contributed by atoms with Gasteiger partial charge in [0, 0.05) is 18.5 Å². The quantitative estimate of drug-likeness (QED) is 0.301. The number of nitrogens with one attached hydrogen (secondary N) is 2. The zero-order valence-electron chi connectivity index (χ0n) is 21.8. The molecule has 4 saturated carbocycles. The molecule has 6 nitrogen and oxygen atoms in total. The van der Waals surface area contributed by atoms with Gasteiger partial charge in [-0.05, 0) is 118 Å². The number of carbonyl (C=O) groups excluding carboxylic acids is 1. The summed E-state index contributed by atoms with van der Waals surface area (Å²) in [6.45, 7) is 11.0. The molecule has 10 atom stereocenters. The number of rotatable bonds is 4. The third kappa shape index (κ3) is 4.31. The van der Waals surface area contributed by atoms with Crippen LogP contribution in [0, 0.1) is 46.3 Å². The molecular formula is C28H47N3O3. The van der Waals surface area contributed by atoms with Crippen LogP contribution in [0.5, 0.6) is 0 Å². The Hall–Kier alpha value is -1.14. The van der Waals surface area contributed by atoms with Gasteiger partial charge in [0.15, 0.2) is 0 Å². The molecule has 0 spiro atoms.